The first kappa shape index (κ1) is 15.8. The van der Waals surface area contributed by atoms with Crippen LogP contribution < -0.4 is 9.47 Å². The zero-order valence-electron chi connectivity index (χ0n) is 13.3. The Labute approximate surface area is 135 Å². The fourth-order valence-corrected chi connectivity index (χ4v) is 3.40. The van der Waals surface area contributed by atoms with Crippen molar-refractivity contribution in [1.82, 2.24) is 14.1 Å². The predicted octanol–water partition coefficient (Wildman–Crippen LogP) is 2.01. The predicted molar refractivity (Wildman–Crippen MR) is 83.8 cm³/mol. The van der Waals surface area contributed by atoms with Gasteiger partial charge >= 0.3 is 0 Å². The average molecular weight is 337 g/mol. The molecule has 124 valence electrons. The SMILES string of the molecule is CC(C)n1cc(S(=O)(=O)N(C)Cc2ccc3c(c2)OCO3)cn1. The second-order valence-electron chi connectivity index (χ2n) is 5.70. The van der Waals surface area contributed by atoms with Gasteiger partial charge in [-0.1, -0.05) is 6.07 Å². The molecule has 0 N–H and O–H groups in total. The van der Waals surface area contributed by atoms with Crippen molar-refractivity contribution in [2.75, 3.05) is 13.8 Å². The van der Waals surface area contributed by atoms with E-state index in [4.69, 9.17) is 9.47 Å². The molecule has 0 aliphatic carbocycles. The largest absolute Gasteiger partial charge is 0.454 e. The van der Waals surface area contributed by atoms with Gasteiger partial charge in [0.1, 0.15) is 4.90 Å². The van der Waals surface area contributed by atoms with Crippen LogP contribution in [0.1, 0.15) is 25.5 Å². The molecule has 1 aromatic heterocycles. The minimum absolute atomic E-state index is 0.109. The maximum atomic E-state index is 12.6. The molecular weight excluding hydrogens is 318 g/mol. The highest BCUT2D eigenvalue weighted by Gasteiger charge is 2.24. The zero-order valence-corrected chi connectivity index (χ0v) is 14.1. The number of hydrogen-bond acceptors (Lipinski definition) is 5. The Hall–Kier alpha value is -2.06. The van der Waals surface area contributed by atoms with Crippen molar-refractivity contribution < 1.29 is 17.9 Å². The molecule has 1 aliphatic heterocycles. The molecule has 8 heteroatoms. The maximum Gasteiger partial charge on any atom is 0.246 e. The highest BCUT2D eigenvalue weighted by Crippen LogP contribution is 2.33. The lowest BCUT2D eigenvalue weighted by Gasteiger charge is -2.16. The molecule has 0 amide bonds. The van der Waals surface area contributed by atoms with Gasteiger partial charge in [0.2, 0.25) is 16.8 Å². The lowest BCUT2D eigenvalue weighted by atomic mass is 10.2. The summed E-state index contributed by atoms with van der Waals surface area (Å²) in [4.78, 5) is 0.189. The first-order valence-electron chi connectivity index (χ1n) is 7.27. The first-order chi connectivity index (χ1) is 10.9. The van der Waals surface area contributed by atoms with E-state index in [1.54, 1.807) is 30.1 Å². The van der Waals surface area contributed by atoms with Crippen molar-refractivity contribution in [3.63, 3.8) is 0 Å². The van der Waals surface area contributed by atoms with Gasteiger partial charge in [-0.15, -0.1) is 0 Å². The molecule has 2 heterocycles. The van der Waals surface area contributed by atoms with Crippen LogP contribution in [0.2, 0.25) is 0 Å². The maximum absolute atomic E-state index is 12.6. The first-order valence-corrected chi connectivity index (χ1v) is 8.71. The molecule has 0 radical (unpaired) electrons. The summed E-state index contributed by atoms with van der Waals surface area (Å²) >= 11 is 0. The van der Waals surface area contributed by atoms with Crippen LogP contribution in [-0.4, -0.2) is 36.3 Å². The van der Waals surface area contributed by atoms with Crippen molar-refractivity contribution >= 4 is 10.0 Å². The lowest BCUT2D eigenvalue weighted by Crippen LogP contribution is -2.26. The van der Waals surface area contributed by atoms with Gasteiger partial charge in [-0.3, -0.25) is 4.68 Å². The van der Waals surface area contributed by atoms with Crippen LogP contribution >= 0.6 is 0 Å². The minimum Gasteiger partial charge on any atom is -0.454 e. The number of fused-ring (bicyclic) bond motifs is 1. The van der Waals surface area contributed by atoms with E-state index in [2.05, 4.69) is 5.10 Å². The summed E-state index contributed by atoms with van der Waals surface area (Å²) in [5, 5.41) is 4.09. The molecule has 1 aliphatic rings. The normalized spacial score (nSPS) is 14.0. The second kappa shape index (κ2) is 5.86. The highest BCUT2D eigenvalue weighted by molar-refractivity contribution is 7.89. The van der Waals surface area contributed by atoms with Crippen molar-refractivity contribution in [3.8, 4) is 11.5 Å². The topological polar surface area (TPSA) is 73.7 Å². The van der Waals surface area contributed by atoms with Gasteiger partial charge in [0.15, 0.2) is 11.5 Å². The van der Waals surface area contributed by atoms with Gasteiger partial charge < -0.3 is 9.47 Å². The van der Waals surface area contributed by atoms with E-state index in [1.807, 2.05) is 19.9 Å². The zero-order chi connectivity index (χ0) is 16.6. The number of aromatic nitrogens is 2. The summed E-state index contributed by atoms with van der Waals surface area (Å²) in [5.41, 5.74) is 0.830. The standard InChI is InChI=1S/C15H19N3O4S/c1-11(2)18-9-13(7-16-18)23(19,20)17(3)8-12-4-5-14-15(6-12)22-10-21-14/h4-7,9,11H,8,10H2,1-3H3. The Kier molecular flexibility index (Phi) is 4.03. The summed E-state index contributed by atoms with van der Waals surface area (Å²) in [6.07, 6.45) is 2.93. The Balaban J connectivity index is 1.79. The lowest BCUT2D eigenvalue weighted by molar-refractivity contribution is 0.174. The third kappa shape index (κ3) is 3.04. The van der Waals surface area contributed by atoms with Crippen LogP contribution in [0.25, 0.3) is 0 Å². The van der Waals surface area contributed by atoms with E-state index in [0.29, 0.717) is 11.5 Å². The van der Waals surface area contributed by atoms with E-state index in [-0.39, 0.29) is 24.3 Å². The van der Waals surface area contributed by atoms with Crippen LogP contribution in [0.3, 0.4) is 0 Å². The molecule has 2 aromatic rings. The van der Waals surface area contributed by atoms with Crippen molar-refractivity contribution in [2.45, 2.75) is 31.3 Å². The third-order valence-corrected chi connectivity index (χ3v) is 5.41. The van der Waals surface area contributed by atoms with Crippen molar-refractivity contribution in [1.29, 1.82) is 0 Å². The van der Waals surface area contributed by atoms with Crippen LogP contribution in [0.4, 0.5) is 0 Å². The minimum atomic E-state index is -3.59. The molecule has 0 atom stereocenters. The van der Waals surface area contributed by atoms with E-state index in [9.17, 15) is 8.42 Å². The Morgan fingerprint density at radius 1 is 1.30 bits per heavy atom. The summed E-state index contributed by atoms with van der Waals surface area (Å²) in [7, 11) is -2.04. The van der Waals surface area contributed by atoms with Gasteiger partial charge in [0.05, 0.1) is 6.20 Å². The van der Waals surface area contributed by atoms with Crippen LogP contribution in [0, 0.1) is 0 Å². The molecule has 0 unspecified atom stereocenters. The summed E-state index contributed by atoms with van der Waals surface area (Å²) in [6.45, 7) is 4.33. The third-order valence-electron chi connectivity index (χ3n) is 3.66. The van der Waals surface area contributed by atoms with Crippen LogP contribution in [-0.2, 0) is 16.6 Å². The van der Waals surface area contributed by atoms with E-state index < -0.39 is 10.0 Å². The molecule has 0 saturated carbocycles. The molecule has 1 aromatic carbocycles. The number of ether oxygens (including phenoxy) is 2. The Bertz CT molecular complexity index is 814. The monoisotopic (exact) mass is 337 g/mol. The molecule has 3 rings (SSSR count). The quantitative estimate of drug-likeness (QED) is 0.834. The van der Waals surface area contributed by atoms with Gasteiger partial charge in [-0.25, -0.2) is 8.42 Å². The van der Waals surface area contributed by atoms with Gasteiger partial charge in [-0.2, -0.15) is 9.40 Å². The number of sulfonamides is 1. The number of benzene rings is 1. The fourth-order valence-electron chi connectivity index (χ4n) is 2.30. The Morgan fingerprint density at radius 2 is 2.04 bits per heavy atom. The van der Waals surface area contributed by atoms with Crippen LogP contribution in [0.5, 0.6) is 11.5 Å². The summed E-state index contributed by atoms with van der Waals surface area (Å²) < 4.78 is 38.7. The highest BCUT2D eigenvalue weighted by atomic mass is 32.2. The molecule has 0 fully saturated rings. The fraction of sp³-hybridized carbons (Fsp3) is 0.400. The molecule has 0 bridgehead atoms. The average Bonchev–Trinajstić information content (AvgIpc) is 3.16. The number of hydrogen-bond donors (Lipinski definition) is 0. The van der Waals surface area contributed by atoms with Gasteiger partial charge in [0.25, 0.3) is 0 Å². The van der Waals surface area contributed by atoms with E-state index in [0.717, 1.165) is 5.56 Å². The van der Waals surface area contributed by atoms with Crippen molar-refractivity contribution in [2.24, 2.45) is 0 Å². The molecule has 0 saturated heterocycles. The van der Waals surface area contributed by atoms with Gasteiger partial charge in [0, 0.05) is 25.8 Å². The molecular formula is C15H19N3O4S. The second-order valence-corrected chi connectivity index (χ2v) is 7.74. The molecule has 7 nitrogen and oxygen atoms in total. The number of nitrogens with zero attached hydrogens (tertiary/aromatic N) is 3. The summed E-state index contributed by atoms with van der Waals surface area (Å²) in [5.74, 6) is 1.32. The van der Waals surface area contributed by atoms with E-state index >= 15 is 0 Å². The molecule has 0 spiro atoms. The van der Waals surface area contributed by atoms with Crippen molar-refractivity contribution in [3.05, 3.63) is 36.2 Å². The number of rotatable bonds is 5. The summed E-state index contributed by atoms with van der Waals surface area (Å²) in [6, 6.07) is 5.52. The van der Waals surface area contributed by atoms with E-state index in [1.165, 1.54) is 10.5 Å². The van der Waals surface area contributed by atoms with Gasteiger partial charge in [-0.05, 0) is 31.5 Å². The van der Waals surface area contributed by atoms with Crippen LogP contribution in [0.15, 0.2) is 35.5 Å². The molecule has 23 heavy (non-hydrogen) atoms. The Morgan fingerprint density at radius 3 is 2.74 bits per heavy atom. The smallest absolute Gasteiger partial charge is 0.246 e.